The van der Waals surface area contributed by atoms with Gasteiger partial charge in [-0.25, -0.2) is 4.98 Å². The third-order valence-corrected chi connectivity index (χ3v) is 4.62. The second-order valence-electron chi connectivity index (χ2n) is 6.55. The van der Waals surface area contributed by atoms with E-state index in [1.807, 2.05) is 37.3 Å². The van der Waals surface area contributed by atoms with Crippen LogP contribution in [-0.2, 0) is 11.3 Å². The highest BCUT2D eigenvalue weighted by Gasteiger charge is 2.15. The molecule has 0 radical (unpaired) electrons. The van der Waals surface area contributed by atoms with Crippen LogP contribution in [0.3, 0.4) is 0 Å². The molecule has 3 aromatic rings. The number of rotatable bonds is 4. The average molecular weight is 363 g/mol. The van der Waals surface area contributed by atoms with Gasteiger partial charge in [-0.1, -0.05) is 18.2 Å². The predicted molar refractivity (Wildman–Crippen MR) is 105 cm³/mol. The number of aromatic nitrogens is 1. The quantitative estimate of drug-likeness (QED) is 0.717. The van der Waals surface area contributed by atoms with E-state index in [0.717, 1.165) is 40.2 Å². The van der Waals surface area contributed by atoms with Gasteiger partial charge in [-0.05, 0) is 30.7 Å². The molecule has 1 aliphatic heterocycles. The lowest BCUT2D eigenvalue weighted by molar-refractivity contribution is -0.125. The molecule has 27 heavy (non-hydrogen) atoms. The van der Waals surface area contributed by atoms with Crippen LogP contribution in [-0.4, -0.2) is 36.0 Å². The molecule has 0 unspecified atom stereocenters. The Kier molecular flexibility index (Phi) is 4.54. The van der Waals surface area contributed by atoms with Gasteiger partial charge in [-0.3, -0.25) is 4.79 Å². The summed E-state index contributed by atoms with van der Waals surface area (Å²) >= 11 is 0. The summed E-state index contributed by atoms with van der Waals surface area (Å²) in [5, 5.41) is 4.22. The Bertz CT molecular complexity index is 1020. The van der Waals surface area contributed by atoms with Gasteiger partial charge < -0.3 is 19.4 Å². The van der Waals surface area contributed by atoms with Crippen LogP contribution in [0.2, 0.25) is 0 Å². The zero-order valence-electron chi connectivity index (χ0n) is 15.4. The first-order valence-corrected chi connectivity index (χ1v) is 8.89. The van der Waals surface area contributed by atoms with Crippen LogP contribution >= 0.6 is 0 Å². The molecule has 1 aromatic carbocycles. The Balaban J connectivity index is 1.47. The number of amides is 1. The van der Waals surface area contributed by atoms with Crippen molar-refractivity contribution in [1.29, 1.82) is 0 Å². The first-order chi connectivity index (χ1) is 13.1. The molecule has 0 spiro atoms. The summed E-state index contributed by atoms with van der Waals surface area (Å²) in [5.41, 5.74) is 2.70. The number of benzene rings is 1. The molecule has 2 aromatic heterocycles. The van der Waals surface area contributed by atoms with Gasteiger partial charge in [0, 0.05) is 36.8 Å². The van der Waals surface area contributed by atoms with Gasteiger partial charge in [0.25, 0.3) is 0 Å². The molecule has 1 N–H and O–H groups in total. The van der Waals surface area contributed by atoms with Crippen LogP contribution in [0.25, 0.3) is 17.0 Å². The fourth-order valence-electron chi connectivity index (χ4n) is 3.15. The topological polar surface area (TPSA) is 67.6 Å². The fourth-order valence-corrected chi connectivity index (χ4v) is 3.15. The SMILES string of the molecule is Cc1oc2ccccc2c1CN(C)C(=O)/C=C/c1cnc2c(c1)OCCN2. The maximum atomic E-state index is 12.5. The first kappa shape index (κ1) is 17.1. The molecule has 0 saturated heterocycles. The Labute approximate surface area is 157 Å². The number of nitrogens with one attached hydrogen (secondary N) is 1. The van der Waals surface area contributed by atoms with Crippen molar-refractivity contribution in [2.75, 3.05) is 25.5 Å². The smallest absolute Gasteiger partial charge is 0.246 e. The number of nitrogens with zero attached hydrogens (tertiary/aromatic N) is 2. The number of hydrogen-bond acceptors (Lipinski definition) is 5. The second-order valence-corrected chi connectivity index (χ2v) is 6.55. The van der Waals surface area contributed by atoms with Gasteiger partial charge in [0.2, 0.25) is 5.91 Å². The standard InChI is InChI=1S/C21H21N3O3/c1-14-17(16-5-3-4-6-18(16)27-14)13-24(2)20(25)8-7-15-11-19-21(23-12-15)22-9-10-26-19/h3-8,11-12H,9-10,13H2,1-2H3,(H,22,23)/b8-7+. The molecular weight excluding hydrogens is 342 g/mol. The third-order valence-electron chi connectivity index (χ3n) is 4.62. The summed E-state index contributed by atoms with van der Waals surface area (Å²) in [6.07, 6.45) is 5.03. The molecule has 3 heterocycles. The number of aryl methyl sites for hydroxylation is 1. The minimum atomic E-state index is -0.0866. The summed E-state index contributed by atoms with van der Waals surface area (Å²) in [6.45, 7) is 3.78. The van der Waals surface area contributed by atoms with Crippen LogP contribution in [0.4, 0.5) is 5.82 Å². The summed E-state index contributed by atoms with van der Waals surface area (Å²) < 4.78 is 11.4. The van der Waals surface area contributed by atoms with Gasteiger partial charge in [0.1, 0.15) is 18.0 Å². The van der Waals surface area contributed by atoms with E-state index in [1.165, 1.54) is 0 Å². The number of furan rings is 1. The van der Waals surface area contributed by atoms with Crippen LogP contribution in [0, 0.1) is 6.92 Å². The highest BCUT2D eigenvalue weighted by atomic mass is 16.5. The van der Waals surface area contributed by atoms with E-state index in [9.17, 15) is 4.79 Å². The molecule has 0 bridgehead atoms. The molecule has 0 aliphatic carbocycles. The second kappa shape index (κ2) is 7.15. The minimum Gasteiger partial charge on any atom is -0.488 e. The molecule has 4 rings (SSSR count). The Hall–Kier alpha value is -3.28. The first-order valence-electron chi connectivity index (χ1n) is 8.89. The van der Waals surface area contributed by atoms with Crippen molar-refractivity contribution in [3.05, 3.63) is 59.5 Å². The van der Waals surface area contributed by atoms with E-state index in [-0.39, 0.29) is 5.91 Å². The maximum Gasteiger partial charge on any atom is 0.246 e. The molecule has 6 heteroatoms. The molecule has 0 saturated carbocycles. The zero-order valence-corrected chi connectivity index (χ0v) is 15.4. The normalized spacial score (nSPS) is 13.3. The summed E-state index contributed by atoms with van der Waals surface area (Å²) in [4.78, 5) is 18.5. The fraction of sp³-hybridized carbons (Fsp3) is 0.238. The lowest BCUT2D eigenvalue weighted by Crippen LogP contribution is -2.24. The largest absolute Gasteiger partial charge is 0.488 e. The van der Waals surface area contributed by atoms with Crippen LogP contribution < -0.4 is 10.1 Å². The van der Waals surface area contributed by atoms with Crippen molar-refractivity contribution < 1.29 is 13.9 Å². The van der Waals surface area contributed by atoms with Crippen LogP contribution in [0.1, 0.15) is 16.9 Å². The van der Waals surface area contributed by atoms with Crippen molar-refractivity contribution >= 4 is 28.8 Å². The van der Waals surface area contributed by atoms with E-state index in [0.29, 0.717) is 18.9 Å². The lowest BCUT2D eigenvalue weighted by atomic mass is 10.1. The number of fused-ring (bicyclic) bond motifs is 2. The number of hydrogen-bond donors (Lipinski definition) is 1. The van der Waals surface area contributed by atoms with Crippen molar-refractivity contribution in [3.63, 3.8) is 0 Å². The van der Waals surface area contributed by atoms with Crippen molar-refractivity contribution in [2.24, 2.45) is 0 Å². The Morgan fingerprint density at radius 2 is 2.22 bits per heavy atom. The van der Waals surface area contributed by atoms with E-state index in [1.54, 1.807) is 30.3 Å². The molecule has 0 atom stereocenters. The van der Waals surface area contributed by atoms with E-state index in [4.69, 9.17) is 9.15 Å². The van der Waals surface area contributed by atoms with E-state index < -0.39 is 0 Å². The van der Waals surface area contributed by atoms with Crippen molar-refractivity contribution in [1.82, 2.24) is 9.88 Å². The molecule has 6 nitrogen and oxygen atoms in total. The van der Waals surface area contributed by atoms with E-state index in [2.05, 4.69) is 10.3 Å². The number of likely N-dealkylation sites (N-methyl/N-ethyl adjacent to an activating group) is 1. The summed E-state index contributed by atoms with van der Waals surface area (Å²) in [6, 6.07) is 9.75. The summed E-state index contributed by atoms with van der Waals surface area (Å²) in [7, 11) is 1.78. The number of carbonyl (C=O) groups excluding carboxylic acids is 1. The predicted octanol–water partition coefficient (Wildman–Crippen LogP) is 3.61. The molecule has 0 fully saturated rings. The number of para-hydroxylation sites is 1. The highest BCUT2D eigenvalue weighted by Crippen LogP contribution is 2.27. The molecular formula is C21H21N3O3. The molecule has 1 amide bonds. The van der Waals surface area contributed by atoms with Crippen molar-refractivity contribution in [2.45, 2.75) is 13.5 Å². The van der Waals surface area contributed by atoms with E-state index >= 15 is 0 Å². The lowest BCUT2D eigenvalue weighted by Gasteiger charge is -2.18. The number of carbonyl (C=O) groups is 1. The molecule has 138 valence electrons. The zero-order chi connectivity index (χ0) is 18.8. The minimum absolute atomic E-state index is 0.0866. The highest BCUT2D eigenvalue weighted by molar-refractivity contribution is 5.92. The Morgan fingerprint density at radius 3 is 3.11 bits per heavy atom. The third kappa shape index (κ3) is 3.51. The van der Waals surface area contributed by atoms with Gasteiger partial charge in [0.05, 0.1) is 6.54 Å². The summed E-state index contributed by atoms with van der Waals surface area (Å²) in [5.74, 6) is 2.20. The Morgan fingerprint density at radius 1 is 1.37 bits per heavy atom. The number of anilines is 1. The van der Waals surface area contributed by atoms with Crippen LogP contribution in [0.5, 0.6) is 5.75 Å². The average Bonchev–Trinajstić information content (AvgIpc) is 3.01. The number of pyridine rings is 1. The monoisotopic (exact) mass is 363 g/mol. The van der Waals surface area contributed by atoms with Gasteiger partial charge in [-0.15, -0.1) is 0 Å². The van der Waals surface area contributed by atoms with Crippen LogP contribution in [0.15, 0.2) is 47.0 Å². The van der Waals surface area contributed by atoms with Gasteiger partial charge in [-0.2, -0.15) is 0 Å². The van der Waals surface area contributed by atoms with Gasteiger partial charge >= 0.3 is 0 Å². The maximum absolute atomic E-state index is 12.5. The molecule has 1 aliphatic rings. The number of ether oxygens (including phenoxy) is 1. The van der Waals surface area contributed by atoms with Crippen molar-refractivity contribution in [3.8, 4) is 5.75 Å². The van der Waals surface area contributed by atoms with Gasteiger partial charge in [0.15, 0.2) is 11.6 Å².